The molecule has 0 aromatic rings. The Morgan fingerprint density at radius 2 is 1.12 bits per heavy atom. The second-order valence-corrected chi connectivity index (χ2v) is 24.5. The van der Waals surface area contributed by atoms with E-state index < -0.39 is 0 Å². The smallest absolute Gasteiger partial charge is 0.186 e. The molecule has 3 N–H and O–H groups in total. The number of thioether (sulfide) groups is 3. The first-order valence-corrected chi connectivity index (χ1v) is 38.9. The van der Waals surface area contributed by atoms with Gasteiger partial charge in [0.2, 0.25) is 0 Å². The predicted octanol–water partition coefficient (Wildman–Crippen LogP) is 20.3. The Hall–Kier alpha value is -3.12. The summed E-state index contributed by atoms with van der Waals surface area (Å²) in [4.78, 5) is 29.1. The highest BCUT2D eigenvalue weighted by Gasteiger charge is 2.18. The molecule has 0 fully saturated rings. The first kappa shape index (κ1) is 106. The zero-order valence-corrected chi connectivity index (χ0v) is 68.5. The Morgan fingerprint density at radius 3 is 1.32 bits per heavy atom. The standard InChI is InChI=1S/3C6H12N2.3C6H11NO.3C6H11NS.9C2H6/c1-5(2)6-3-7-8-4-6;1-5(2)6-7-3-4-8-6;1-5(2)6-3-4-7-8-6;1-5(2)6-3-8-4-7-6;1-5(2)6-3-7-4-8-6;1-5(2)6-7-3-4-8-6;1-5(2)6-3-8-4-7-6;1-5(2)6-3-7-4-8-6;1-5(2)6-7-3-4-8-6;9*1-2/h3,5-6,8H,4H2,1-2H3;5H,3-4H2,1-2H3,(H,7,8);4-6,8H,3H2,1-2H3;2*4-6H,3H2,1-2H3;5H,3-4H2,1-2H3;2*4-6H,3H2,1-2H3;5H,3-4H2,1-2H3;9*1-2H3. The minimum Gasteiger partial charge on any atom is -0.481 e. The van der Waals surface area contributed by atoms with Crippen LogP contribution in [-0.2, 0) is 14.2 Å². The molecule has 0 radical (unpaired) electrons. The molecule has 0 saturated carbocycles. The molecule has 6 unspecified atom stereocenters. The van der Waals surface area contributed by atoms with E-state index in [0.717, 1.165) is 94.3 Å². The molecule has 15 nitrogen and oxygen atoms in total. The van der Waals surface area contributed by atoms with Crippen molar-refractivity contribution in [2.75, 3.05) is 70.5 Å². The monoisotopic (exact) mass is 1330 g/mol. The van der Waals surface area contributed by atoms with Gasteiger partial charge in [-0.3, -0.25) is 34.9 Å². The number of amidine groups is 1. The van der Waals surface area contributed by atoms with Gasteiger partial charge in [-0.2, -0.15) is 10.2 Å². The van der Waals surface area contributed by atoms with Crippen LogP contribution in [0.2, 0.25) is 0 Å². The fourth-order valence-electron chi connectivity index (χ4n) is 6.46. The summed E-state index contributed by atoms with van der Waals surface area (Å²) >= 11 is 5.58. The van der Waals surface area contributed by atoms with Crippen molar-refractivity contribution in [3.63, 3.8) is 0 Å². The zero-order valence-electron chi connectivity index (χ0n) is 66.1. The number of hydrogen-bond donors (Lipinski definition) is 3. The Kier molecular flexibility index (Phi) is 96.2. The number of nitrogens with zero attached hydrogens (tertiary/aromatic N) is 9. The van der Waals surface area contributed by atoms with Crippen molar-refractivity contribution in [1.29, 1.82) is 0 Å². The third-order valence-corrected chi connectivity index (χ3v) is 15.3. The number of aliphatic imine (C=N–C) groups is 7. The summed E-state index contributed by atoms with van der Waals surface area (Å²) in [7, 11) is 0. The molecule has 9 aliphatic heterocycles. The number of ether oxygens (including phenoxy) is 3. The van der Waals surface area contributed by atoms with Gasteiger partial charge in [-0.1, -0.05) is 249 Å². The Balaban J connectivity index is -0.000000113. The molecule has 0 amide bonds. The second-order valence-electron chi connectivity index (χ2n) is 21.4. The molecule has 6 atom stereocenters. The second kappa shape index (κ2) is 82.0. The summed E-state index contributed by atoms with van der Waals surface area (Å²) in [6.45, 7) is 83.5. The van der Waals surface area contributed by atoms with Crippen LogP contribution in [0.25, 0.3) is 0 Å². The van der Waals surface area contributed by atoms with E-state index in [4.69, 9.17) is 14.2 Å². The quantitative estimate of drug-likeness (QED) is 0.203. The van der Waals surface area contributed by atoms with Crippen molar-refractivity contribution in [1.82, 2.24) is 16.2 Å². The fourth-order valence-corrected chi connectivity index (χ4v) is 9.18. The van der Waals surface area contributed by atoms with Crippen LogP contribution >= 0.6 is 35.3 Å². The molecule has 0 aliphatic carbocycles. The molecular formula is C72H156N12O3S3. The third kappa shape index (κ3) is 65.0. The van der Waals surface area contributed by atoms with Gasteiger partial charge >= 0.3 is 0 Å². The average Bonchev–Trinajstić information content (AvgIpc) is 4.50. The molecule has 0 aromatic carbocycles. The molecular weight excluding hydrogens is 1180 g/mol. The SMILES string of the molecule is CC.CC.CC.CC.CC.CC.CC.CC.CC.CC(C)C1=NCCN1.CC(C)C1=NCCO1.CC(C)C1=NCCS1.CC(C)C1C=NNC1.CC(C)C1CC=NN1.CC(C)C1CN=CO1.CC(C)C1CN=CS1.CC(C)C1COC=N1.CC(C)C1CSC=N1. The zero-order chi connectivity index (χ0) is 71.8. The van der Waals surface area contributed by atoms with Crippen LogP contribution in [0.4, 0.5) is 0 Å². The molecule has 540 valence electrons. The summed E-state index contributed by atoms with van der Waals surface area (Å²) in [6, 6.07) is 1.60. The lowest BCUT2D eigenvalue weighted by Gasteiger charge is -2.12. The van der Waals surface area contributed by atoms with Crippen molar-refractivity contribution in [3.05, 3.63) is 0 Å². The Labute approximate surface area is 575 Å². The van der Waals surface area contributed by atoms with Gasteiger partial charge in [-0.25, -0.2) is 0 Å². The van der Waals surface area contributed by atoms with Crippen LogP contribution in [-0.4, -0.2) is 153 Å². The van der Waals surface area contributed by atoms with E-state index in [2.05, 4.69) is 186 Å². The number of hydrogen-bond acceptors (Lipinski definition) is 18. The van der Waals surface area contributed by atoms with Crippen molar-refractivity contribution in [2.24, 2.45) is 104 Å². The summed E-state index contributed by atoms with van der Waals surface area (Å²) < 4.78 is 15.2. The van der Waals surface area contributed by atoms with E-state index in [9.17, 15) is 0 Å². The molecule has 9 heterocycles. The topological polar surface area (TPSA) is 175 Å². The van der Waals surface area contributed by atoms with Crippen LogP contribution in [0.1, 0.15) is 256 Å². The summed E-state index contributed by atoms with van der Waals surface area (Å²) in [5, 5.41) is 13.1. The van der Waals surface area contributed by atoms with Gasteiger partial charge in [-0.05, 0) is 35.5 Å². The predicted molar refractivity (Wildman–Crippen MR) is 425 cm³/mol. The van der Waals surface area contributed by atoms with E-state index in [1.54, 1.807) is 12.8 Å². The van der Waals surface area contributed by atoms with Crippen LogP contribution in [0.5, 0.6) is 0 Å². The summed E-state index contributed by atoms with van der Waals surface area (Å²) in [5.41, 5.74) is 9.87. The Morgan fingerprint density at radius 1 is 0.533 bits per heavy atom. The van der Waals surface area contributed by atoms with Gasteiger partial charge in [-0.15, -0.1) is 35.3 Å². The van der Waals surface area contributed by atoms with E-state index in [1.807, 2.05) is 183 Å². The average molecular weight is 1330 g/mol. The van der Waals surface area contributed by atoms with Crippen molar-refractivity contribution < 1.29 is 14.2 Å². The minimum absolute atomic E-state index is 0.343. The van der Waals surface area contributed by atoms with Crippen molar-refractivity contribution in [2.45, 2.75) is 285 Å². The van der Waals surface area contributed by atoms with E-state index in [1.165, 1.54) is 22.4 Å². The highest BCUT2D eigenvalue weighted by atomic mass is 32.2. The lowest BCUT2D eigenvalue weighted by atomic mass is 9.98. The maximum absolute atomic E-state index is 5.16. The number of rotatable bonds is 9. The Bertz CT molecular complexity index is 1470. The van der Waals surface area contributed by atoms with Gasteiger partial charge < -0.3 is 30.4 Å². The fraction of sp³-hybridized carbons (Fsp3) is 0.875. The number of nitrogens with one attached hydrogen (secondary N) is 3. The third-order valence-electron chi connectivity index (χ3n) is 11.9. The molecule has 0 aromatic heterocycles. The summed E-state index contributed by atoms with van der Waals surface area (Å²) in [6.07, 6.45) is 8.46. The highest BCUT2D eigenvalue weighted by Crippen LogP contribution is 2.22. The molecule has 0 spiro atoms. The number of hydrazone groups is 2. The minimum atomic E-state index is 0.343. The van der Waals surface area contributed by atoms with Gasteiger partial charge in [0.15, 0.2) is 18.7 Å². The van der Waals surface area contributed by atoms with Crippen LogP contribution in [0.3, 0.4) is 0 Å². The van der Waals surface area contributed by atoms with Gasteiger partial charge in [0.05, 0.1) is 66.3 Å². The summed E-state index contributed by atoms with van der Waals surface area (Å²) in [5.74, 6) is 11.0. The van der Waals surface area contributed by atoms with E-state index >= 15 is 0 Å². The first-order chi connectivity index (χ1) is 43.2. The molecule has 0 bridgehead atoms. The van der Waals surface area contributed by atoms with Gasteiger partial charge in [0, 0.05) is 78.9 Å². The highest BCUT2D eigenvalue weighted by molar-refractivity contribution is 8.14. The largest absolute Gasteiger partial charge is 0.481 e. The molecule has 9 rings (SSSR count). The molecule has 0 saturated heterocycles. The van der Waals surface area contributed by atoms with Crippen molar-refractivity contribution >= 4 is 88.4 Å². The maximum atomic E-state index is 5.16. The van der Waals surface area contributed by atoms with Crippen LogP contribution < -0.4 is 16.2 Å². The lowest BCUT2D eigenvalue weighted by Crippen LogP contribution is -2.24. The van der Waals surface area contributed by atoms with E-state index in [-0.39, 0.29) is 0 Å². The van der Waals surface area contributed by atoms with E-state index in [0.29, 0.717) is 65.7 Å². The maximum Gasteiger partial charge on any atom is 0.186 e. The molecule has 90 heavy (non-hydrogen) atoms. The lowest BCUT2D eigenvalue weighted by molar-refractivity contribution is 0.179. The van der Waals surface area contributed by atoms with Crippen LogP contribution in [0, 0.1) is 59.2 Å². The van der Waals surface area contributed by atoms with Gasteiger partial charge in [0.1, 0.15) is 19.3 Å². The van der Waals surface area contributed by atoms with Crippen LogP contribution in [0.15, 0.2) is 45.1 Å². The van der Waals surface area contributed by atoms with Crippen molar-refractivity contribution in [3.8, 4) is 0 Å². The molecule has 9 aliphatic rings. The van der Waals surface area contributed by atoms with Gasteiger partial charge in [0.25, 0.3) is 0 Å². The normalized spacial score (nSPS) is 20.0. The molecule has 18 heteroatoms. The first-order valence-electron chi connectivity index (χ1n) is 35.9.